The van der Waals surface area contributed by atoms with Crippen molar-refractivity contribution in [3.05, 3.63) is 65.2 Å². The van der Waals surface area contributed by atoms with Gasteiger partial charge in [0.2, 0.25) is 0 Å². The average Bonchev–Trinajstić information content (AvgIpc) is 2.76. The molecule has 0 bridgehead atoms. The first-order valence-corrected chi connectivity index (χ1v) is 9.29. The summed E-state index contributed by atoms with van der Waals surface area (Å²) in [5.41, 5.74) is 2.06. The summed E-state index contributed by atoms with van der Waals surface area (Å²) in [7, 11) is 1.58. The minimum Gasteiger partial charge on any atom is -0.489 e. The van der Waals surface area contributed by atoms with Crippen molar-refractivity contribution in [3.8, 4) is 5.75 Å². The van der Waals surface area contributed by atoms with Gasteiger partial charge in [-0.2, -0.15) is 0 Å². The lowest BCUT2D eigenvalue weighted by Crippen LogP contribution is -2.55. The molecule has 0 aromatic heterocycles. The quantitative estimate of drug-likeness (QED) is 0.464. The van der Waals surface area contributed by atoms with Crippen LogP contribution in [0.15, 0.2) is 48.5 Å². The molecule has 0 aliphatic carbocycles. The van der Waals surface area contributed by atoms with E-state index in [1.54, 1.807) is 43.4 Å². The van der Waals surface area contributed by atoms with Crippen molar-refractivity contribution in [2.75, 3.05) is 13.7 Å². The molecule has 0 spiro atoms. The van der Waals surface area contributed by atoms with Crippen LogP contribution in [0.2, 0.25) is 0 Å². The Morgan fingerprint density at radius 3 is 2.24 bits per heavy atom. The first-order valence-electron chi connectivity index (χ1n) is 9.29. The molecule has 3 rings (SSSR count). The van der Waals surface area contributed by atoms with Crippen molar-refractivity contribution in [3.63, 3.8) is 0 Å². The maximum atomic E-state index is 11.6. The van der Waals surface area contributed by atoms with E-state index >= 15 is 0 Å². The fourth-order valence-corrected chi connectivity index (χ4v) is 3.19. The van der Waals surface area contributed by atoms with Crippen molar-refractivity contribution in [2.45, 2.75) is 37.1 Å². The minimum atomic E-state index is -1.42. The van der Waals surface area contributed by atoms with Crippen LogP contribution in [-0.4, -0.2) is 64.4 Å². The van der Waals surface area contributed by atoms with Crippen LogP contribution in [0.25, 0.3) is 0 Å². The van der Waals surface area contributed by atoms with Gasteiger partial charge < -0.3 is 35.2 Å². The lowest BCUT2D eigenvalue weighted by Gasteiger charge is -2.40. The Hall–Kier alpha value is -2.49. The van der Waals surface area contributed by atoms with Gasteiger partial charge in [0.05, 0.1) is 6.61 Å². The van der Waals surface area contributed by atoms with Crippen molar-refractivity contribution in [1.29, 1.82) is 0 Å². The second-order valence-electron chi connectivity index (χ2n) is 6.88. The molecule has 5 unspecified atom stereocenters. The van der Waals surface area contributed by atoms with E-state index in [0.29, 0.717) is 23.5 Å². The van der Waals surface area contributed by atoms with Gasteiger partial charge in [0, 0.05) is 12.6 Å². The predicted molar refractivity (Wildman–Crippen MR) is 103 cm³/mol. The molecule has 5 N–H and O–H groups in total. The molecule has 1 amide bonds. The molecule has 1 fully saturated rings. The van der Waals surface area contributed by atoms with Gasteiger partial charge in [0.1, 0.15) is 42.9 Å². The van der Waals surface area contributed by atoms with Crippen molar-refractivity contribution in [2.24, 2.45) is 0 Å². The Kier molecular flexibility index (Phi) is 6.83. The monoisotopic (exact) mass is 403 g/mol. The summed E-state index contributed by atoms with van der Waals surface area (Å²) >= 11 is 0. The summed E-state index contributed by atoms with van der Waals surface area (Å²) in [6, 6.07) is 13.9. The average molecular weight is 403 g/mol. The highest BCUT2D eigenvalue weighted by atomic mass is 16.5. The molecule has 2 aromatic carbocycles. The molecule has 0 radical (unpaired) electrons. The van der Waals surface area contributed by atoms with Crippen LogP contribution in [0.5, 0.6) is 5.75 Å². The molecule has 2 aromatic rings. The first kappa shape index (κ1) is 21.2. The summed E-state index contributed by atoms with van der Waals surface area (Å²) in [5.74, 6) is 0.440. The molecule has 1 aliphatic heterocycles. The third-order valence-electron chi connectivity index (χ3n) is 4.95. The number of aliphatic hydroxyl groups is 4. The third-order valence-corrected chi connectivity index (χ3v) is 4.95. The number of amides is 1. The summed E-state index contributed by atoms with van der Waals surface area (Å²) in [6.07, 6.45) is -5.95. The van der Waals surface area contributed by atoms with Gasteiger partial charge in [-0.05, 0) is 35.4 Å². The molecule has 1 saturated heterocycles. The fourth-order valence-electron chi connectivity index (χ4n) is 3.19. The maximum Gasteiger partial charge on any atom is 0.251 e. The molecule has 8 nitrogen and oxygen atoms in total. The Bertz CT molecular complexity index is 807. The van der Waals surface area contributed by atoms with Gasteiger partial charge in [0.15, 0.2) is 0 Å². The summed E-state index contributed by atoms with van der Waals surface area (Å²) in [5, 5.41) is 41.8. The standard InChI is InChI=1S/C21H25NO7/c1-22-21(27)14-4-2-12(3-5-14)11-28-15-8-6-13(7-9-15)20-19(26)18(25)17(24)16(10-23)29-20/h2-9,16-20,23-26H,10-11H2,1H3,(H,22,27). The summed E-state index contributed by atoms with van der Waals surface area (Å²) in [4.78, 5) is 11.6. The third kappa shape index (κ3) is 4.75. The van der Waals surface area contributed by atoms with Gasteiger partial charge in [-0.15, -0.1) is 0 Å². The number of carbonyl (C=O) groups excluding carboxylic acids is 1. The number of nitrogens with one attached hydrogen (secondary N) is 1. The van der Waals surface area contributed by atoms with E-state index in [-0.39, 0.29) is 5.91 Å². The molecular formula is C21H25NO7. The molecule has 1 aliphatic rings. The smallest absolute Gasteiger partial charge is 0.251 e. The molecule has 8 heteroatoms. The van der Waals surface area contributed by atoms with E-state index in [1.165, 1.54) is 0 Å². The fraction of sp³-hybridized carbons (Fsp3) is 0.381. The van der Waals surface area contributed by atoms with E-state index in [0.717, 1.165) is 5.56 Å². The van der Waals surface area contributed by atoms with Crippen LogP contribution >= 0.6 is 0 Å². The number of rotatable bonds is 6. The van der Waals surface area contributed by atoms with Crippen LogP contribution in [0.4, 0.5) is 0 Å². The van der Waals surface area contributed by atoms with E-state index in [9.17, 15) is 25.2 Å². The van der Waals surface area contributed by atoms with E-state index in [2.05, 4.69) is 5.32 Å². The van der Waals surface area contributed by atoms with Gasteiger partial charge in [-0.25, -0.2) is 0 Å². The number of carbonyl (C=O) groups is 1. The zero-order chi connectivity index (χ0) is 21.0. The van der Waals surface area contributed by atoms with Crippen molar-refractivity contribution in [1.82, 2.24) is 5.32 Å². The minimum absolute atomic E-state index is 0.152. The number of hydrogen-bond acceptors (Lipinski definition) is 7. The number of aliphatic hydroxyl groups excluding tert-OH is 4. The van der Waals surface area contributed by atoms with Crippen molar-refractivity contribution < 1.29 is 34.7 Å². The zero-order valence-corrected chi connectivity index (χ0v) is 15.9. The summed E-state index contributed by atoms with van der Waals surface area (Å²) in [6.45, 7) is -0.158. The number of hydrogen-bond donors (Lipinski definition) is 5. The molecular weight excluding hydrogens is 378 g/mol. The molecule has 1 heterocycles. The van der Waals surface area contributed by atoms with Gasteiger partial charge in [-0.1, -0.05) is 24.3 Å². The number of ether oxygens (including phenoxy) is 2. The Balaban J connectivity index is 1.62. The lowest BCUT2D eigenvalue weighted by molar-refractivity contribution is -0.231. The molecule has 29 heavy (non-hydrogen) atoms. The SMILES string of the molecule is CNC(=O)c1ccc(COc2ccc(C3OC(CO)C(O)C(O)C3O)cc2)cc1. The van der Waals surface area contributed by atoms with Crippen LogP contribution in [-0.2, 0) is 11.3 Å². The second-order valence-corrected chi connectivity index (χ2v) is 6.88. The number of benzene rings is 2. The highest BCUT2D eigenvalue weighted by molar-refractivity contribution is 5.93. The van der Waals surface area contributed by atoms with Gasteiger partial charge >= 0.3 is 0 Å². The van der Waals surface area contributed by atoms with Gasteiger partial charge in [-0.3, -0.25) is 4.79 Å². The lowest BCUT2D eigenvalue weighted by atomic mass is 9.91. The normalized spacial score (nSPS) is 26.7. The highest BCUT2D eigenvalue weighted by Gasteiger charge is 2.43. The van der Waals surface area contributed by atoms with Crippen LogP contribution in [0.3, 0.4) is 0 Å². The highest BCUT2D eigenvalue weighted by Crippen LogP contribution is 2.33. The molecule has 0 saturated carbocycles. The Labute approximate surface area is 168 Å². The van der Waals surface area contributed by atoms with Gasteiger partial charge in [0.25, 0.3) is 5.91 Å². The maximum absolute atomic E-state index is 11.6. The topological polar surface area (TPSA) is 128 Å². The van der Waals surface area contributed by atoms with Crippen LogP contribution in [0.1, 0.15) is 27.6 Å². The molecule has 5 atom stereocenters. The van der Waals surface area contributed by atoms with E-state index in [1.807, 2.05) is 12.1 Å². The van der Waals surface area contributed by atoms with Crippen molar-refractivity contribution >= 4 is 5.91 Å². The van der Waals surface area contributed by atoms with Crippen LogP contribution in [0, 0.1) is 0 Å². The zero-order valence-electron chi connectivity index (χ0n) is 15.9. The predicted octanol–water partition coefficient (Wildman–Crippen LogP) is 0.140. The Morgan fingerprint density at radius 1 is 1.00 bits per heavy atom. The van der Waals surface area contributed by atoms with Crippen LogP contribution < -0.4 is 10.1 Å². The largest absolute Gasteiger partial charge is 0.489 e. The van der Waals surface area contributed by atoms with E-state index in [4.69, 9.17) is 9.47 Å². The second kappa shape index (κ2) is 9.34. The van der Waals surface area contributed by atoms with E-state index < -0.39 is 37.1 Å². The Morgan fingerprint density at radius 2 is 1.66 bits per heavy atom. The summed E-state index contributed by atoms with van der Waals surface area (Å²) < 4.78 is 11.3. The molecule has 156 valence electrons. The first-order chi connectivity index (χ1) is 13.9.